The van der Waals surface area contributed by atoms with Gasteiger partial charge in [0, 0.05) is 22.8 Å². The van der Waals surface area contributed by atoms with E-state index in [0.29, 0.717) is 0 Å². The Morgan fingerprint density at radius 2 is 0.687 bits per heavy atom. The molecule has 1 heterocycles. The maximum atomic E-state index is 11.7. The summed E-state index contributed by atoms with van der Waals surface area (Å²) in [4.78, 5) is 0. The molecule has 2 aromatic rings. The van der Waals surface area contributed by atoms with Crippen molar-refractivity contribution in [2.45, 2.75) is 298 Å². The van der Waals surface area contributed by atoms with Crippen LogP contribution in [-0.2, 0) is 33.3 Å². The van der Waals surface area contributed by atoms with Gasteiger partial charge in [0.1, 0.15) is 0 Å². The minimum Gasteiger partial charge on any atom is -0.493 e. The largest absolute Gasteiger partial charge is 2.00 e. The number of unbranched alkanes of at least 4 members (excludes halogenated alkanes) is 35. The first kappa shape index (κ1) is 65.2. The molecule has 0 fully saturated rings. The van der Waals surface area contributed by atoms with Crippen LogP contribution in [0.3, 0.4) is 0 Å². The number of hydrogen-bond acceptors (Lipinski definition) is 0. The fraction of sp³-hybridized carbons (Fsp3) is 0.719. The Kier molecular flexibility index (Phi) is 47.8. The molecule has 3 heteroatoms. The second-order valence-corrected chi connectivity index (χ2v) is 19.7. The van der Waals surface area contributed by atoms with E-state index >= 15 is 0 Å². The average Bonchev–Trinajstić information content (AvgIpc) is 3.69. The van der Waals surface area contributed by atoms with Crippen molar-refractivity contribution in [2.24, 2.45) is 0 Å². The summed E-state index contributed by atoms with van der Waals surface area (Å²) in [6, 6.07) is 18.1. The number of rotatable bonds is 43. The minimum atomic E-state index is 0. The summed E-state index contributed by atoms with van der Waals surface area (Å²) in [5.74, 6) is 0. The van der Waals surface area contributed by atoms with E-state index in [0.717, 1.165) is 54.6 Å². The Morgan fingerprint density at radius 3 is 1.04 bits per heavy atom. The van der Waals surface area contributed by atoms with Crippen LogP contribution in [-0.4, -0.2) is 4.70 Å². The van der Waals surface area contributed by atoms with E-state index in [2.05, 4.69) is 89.2 Å². The molecule has 0 amide bonds. The summed E-state index contributed by atoms with van der Waals surface area (Å²) >= 11 is 0. The molecule has 0 unspecified atom stereocenters. The molecular weight excluding hydrogens is 903 g/mol. The van der Waals surface area contributed by atoms with E-state index in [9.17, 15) is 5.53 Å². The van der Waals surface area contributed by atoms with Gasteiger partial charge >= 0.3 is 20.4 Å². The van der Waals surface area contributed by atoms with Crippen molar-refractivity contribution in [1.29, 1.82) is 0 Å². The summed E-state index contributed by atoms with van der Waals surface area (Å²) < 4.78 is 1.49. The SMILES string of the molecule is CCCCCCCCCCCCCCCCCCCCCCCCCCc1cccc(C2=CC(CCCC)=C(c3ccc(CCCCCCCCCCCCCC)cc3)[N+]2=[N-])c1.[CH2-]C.[CH2-]C.[Pd+2]. The molecule has 0 spiro atoms. The number of benzene rings is 2. The fourth-order valence-electron chi connectivity index (χ4n) is 9.80. The summed E-state index contributed by atoms with van der Waals surface area (Å²) in [6.45, 7) is 16.9. The van der Waals surface area contributed by atoms with Crippen LogP contribution in [0.5, 0.6) is 0 Å². The third-order valence-corrected chi connectivity index (χ3v) is 13.9. The molecule has 0 saturated carbocycles. The van der Waals surface area contributed by atoms with E-state index in [1.807, 2.05) is 0 Å². The summed E-state index contributed by atoms with van der Waals surface area (Å²) in [6.07, 6.45) is 58.9. The van der Waals surface area contributed by atoms with Crippen molar-refractivity contribution in [3.05, 3.63) is 102 Å². The zero-order valence-corrected chi connectivity index (χ0v) is 46.9. The van der Waals surface area contributed by atoms with Crippen LogP contribution in [0.25, 0.3) is 16.9 Å². The zero-order chi connectivity index (χ0) is 48.0. The molecule has 0 saturated heterocycles. The minimum absolute atomic E-state index is 0. The molecular formula is C64H110N2Pd. The molecule has 3 rings (SSSR count). The molecule has 0 bridgehead atoms. The predicted molar refractivity (Wildman–Crippen MR) is 298 cm³/mol. The van der Waals surface area contributed by atoms with E-state index in [1.165, 1.54) is 253 Å². The molecule has 0 aromatic heterocycles. The van der Waals surface area contributed by atoms with Gasteiger partial charge in [-0.25, -0.2) is 4.70 Å². The van der Waals surface area contributed by atoms with Crippen LogP contribution in [0, 0.1) is 13.8 Å². The molecule has 1 aliphatic heterocycles. The Balaban J connectivity index is 0.00000847. The maximum Gasteiger partial charge on any atom is 2.00 e. The molecule has 2 nitrogen and oxygen atoms in total. The Labute approximate surface area is 433 Å². The van der Waals surface area contributed by atoms with Crippen molar-refractivity contribution in [3.63, 3.8) is 0 Å². The summed E-state index contributed by atoms with van der Waals surface area (Å²) in [5, 5.41) is 0. The quantitative estimate of drug-likeness (QED) is 0.0274. The Hall–Kier alpha value is -1.82. The van der Waals surface area contributed by atoms with Crippen molar-refractivity contribution in [1.82, 2.24) is 0 Å². The Bertz CT molecular complexity index is 1440. The van der Waals surface area contributed by atoms with Crippen molar-refractivity contribution >= 4 is 11.4 Å². The monoisotopic (exact) mass is 1010 g/mol. The molecule has 0 atom stereocenters. The van der Waals surface area contributed by atoms with Crippen LogP contribution < -0.4 is 0 Å². The van der Waals surface area contributed by atoms with Gasteiger partial charge in [0.15, 0.2) is 0 Å². The molecule has 0 radical (unpaired) electrons. The molecule has 2 aromatic carbocycles. The average molecular weight is 1010 g/mol. The van der Waals surface area contributed by atoms with Crippen molar-refractivity contribution < 1.29 is 25.1 Å². The summed E-state index contributed by atoms with van der Waals surface area (Å²) in [5.41, 5.74) is 19.9. The van der Waals surface area contributed by atoms with Crippen LogP contribution in [0.2, 0.25) is 0 Å². The maximum absolute atomic E-state index is 11.7. The fourth-order valence-corrected chi connectivity index (χ4v) is 9.80. The third kappa shape index (κ3) is 33.4. The van der Waals surface area contributed by atoms with Gasteiger partial charge in [0.25, 0.3) is 0 Å². The van der Waals surface area contributed by atoms with Gasteiger partial charge in [0.2, 0.25) is 11.4 Å². The first-order chi connectivity index (χ1) is 32.7. The van der Waals surface area contributed by atoms with E-state index < -0.39 is 0 Å². The number of allylic oxidation sites excluding steroid dienone is 2. The van der Waals surface area contributed by atoms with Gasteiger partial charge in [-0.1, -0.05) is 270 Å². The van der Waals surface area contributed by atoms with Crippen molar-refractivity contribution in [2.75, 3.05) is 0 Å². The van der Waals surface area contributed by atoms with Crippen molar-refractivity contribution in [3.8, 4) is 0 Å². The van der Waals surface area contributed by atoms with E-state index in [-0.39, 0.29) is 20.4 Å². The molecule has 386 valence electrons. The van der Waals surface area contributed by atoms with Gasteiger partial charge < -0.3 is 19.4 Å². The normalized spacial score (nSPS) is 12.1. The zero-order valence-electron chi connectivity index (χ0n) is 45.3. The van der Waals surface area contributed by atoms with Gasteiger partial charge in [-0.15, -0.1) is 0 Å². The van der Waals surface area contributed by atoms with Crippen LogP contribution in [0.4, 0.5) is 0 Å². The van der Waals surface area contributed by atoms with Crippen LogP contribution >= 0.6 is 0 Å². The molecule has 0 aliphatic carbocycles. The van der Waals surface area contributed by atoms with Crippen LogP contribution in [0.15, 0.2) is 60.2 Å². The summed E-state index contributed by atoms with van der Waals surface area (Å²) in [7, 11) is 0. The number of hydrogen-bond donors (Lipinski definition) is 0. The van der Waals surface area contributed by atoms with E-state index in [1.54, 1.807) is 13.8 Å². The first-order valence-corrected chi connectivity index (χ1v) is 29.2. The second kappa shape index (κ2) is 49.2. The van der Waals surface area contributed by atoms with Gasteiger partial charge in [-0.2, -0.15) is 13.8 Å². The number of nitrogens with zero attached hydrogens (tertiary/aromatic N) is 2. The van der Waals surface area contributed by atoms with Gasteiger partial charge in [-0.05, 0) is 73.9 Å². The number of aryl methyl sites for hydroxylation is 2. The van der Waals surface area contributed by atoms with Gasteiger partial charge in [0.05, 0.1) is 0 Å². The molecule has 1 aliphatic rings. The standard InChI is InChI=1S/C60H100N2.2C2H5.Pd/c1-4-7-10-12-14-16-18-20-21-22-23-24-25-26-27-28-29-30-31-33-35-37-39-41-44-55-45-42-47-57(52-55)59-53-58(46-9-6-3)60(62(59)61)56-50-48-54(49-51-56)43-40-38-36-34-32-19-17-15-13-11-8-5-2;2*1-2;/h42,45,47-53H,4-41,43-44,46H2,1-3H3;2*1H2,2H3;/q;2*-1;+2. The third-order valence-electron chi connectivity index (χ3n) is 13.9. The smallest absolute Gasteiger partial charge is 0.493 e. The van der Waals surface area contributed by atoms with E-state index in [4.69, 9.17) is 0 Å². The molecule has 67 heavy (non-hydrogen) atoms. The second-order valence-electron chi connectivity index (χ2n) is 19.7. The van der Waals surface area contributed by atoms with Crippen LogP contribution in [0.1, 0.15) is 307 Å². The predicted octanol–water partition coefficient (Wildman–Crippen LogP) is 22.5. The Morgan fingerprint density at radius 1 is 0.358 bits per heavy atom. The topological polar surface area (TPSA) is 25.3 Å². The molecule has 0 N–H and O–H groups in total. The first-order valence-electron chi connectivity index (χ1n) is 29.2. The van der Waals surface area contributed by atoms with Gasteiger partial charge in [-0.3, -0.25) is 0 Å².